The van der Waals surface area contributed by atoms with Crippen molar-refractivity contribution in [3.05, 3.63) is 24.5 Å². The van der Waals surface area contributed by atoms with E-state index in [2.05, 4.69) is 21.3 Å². The van der Waals surface area contributed by atoms with E-state index in [9.17, 15) is 0 Å². The van der Waals surface area contributed by atoms with Crippen molar-refractivity contribution >= 4 is 5.69 Å². The first-order chi connectivity index (χ1) is 7.92. The molecule has 2 aliphatic rings. The fraction of sp³-hybridized carbons (Fsp3) is 0.615. The summed E-state index contributed by atoms with van der Waals surface area (Å²) in [5, 5.41) is 3.60. The highest BCUT2D eigenvalue weighted by Crippen LogP contribution is 2.28. The number of pyridine rings is 1. The molecule has 2 atom stereocenters. The average molecular weight is 217 g/mol. The molecule has 3 heterocycles. The first-order valence-corrected chi connectivity index (χ1v) is 6.32. The van der Waals surface area contributed by atoms with Crippen LogP contribution in [0.2, 0.25) is 0 Å². The molecule has 3 rings (SSSR count). The van der Waals surface area contributed by atoms with E-state index in [4.69, 9.17) is 0 Å². The minimum absolute atomic E-state index is 0.642. The molecule has 1 N–H and O–H groups in total. The molecule has 0 aromatic carbocycles. The maximum absolute atomic E-state index is 4.14. The smallest absolute Gasteiger partial charge is 0.0528 e. The quantitative estimate of drug-likeness (QED) is 0.822. The molecule has 16 heavy (non-hydrogen) atoms. The minimum Gasteiger partial charge on any atom is -0.381 e. The molecule has 0 radical (unpaired) electrons. The Morgan fingerprint density at radius 2 is 2.31 bits per heavy atom. The highest BCUT2D eigenvalue weighted by atomic mass is 15.2. The molecule has 2 aliphatic heterocycles. The van der Waals surface area contributed by atoms with Crippen LogP contribution in [0, 0.1) is 0 Å². The van der Waals surface area contributed by atoms with Gasteiger partial charge in [0.05, 0.1) is 5.69 Å². The van der Waals surface area contributed by atoms with Gasteiger partial charge < -0.3 is 10.2 Å². The number of hydrogen-bond donors (Lipinski definition) is 1. The molecule has 0 saturated carbocycles. The highest BCUT2D eigenvalue weighted by Gasteiger charge is 2.31. The van der Waals surface area contributed by atoms with Crippen molar-refractivity contribution in [1.29, 1.82) is 0 Å². The van der Waals surface area contributed by atoms with Crippen molar-refractivity contribution < 1.29 is 0 Å². The number of rotatable bonds is 2. The van der Waals surface area contributed by atoms with Crippen molar-refractivity contribution in [1.82, 2.24) is 9.88 Å². The molecule has 1 aromatic rings. The third-order valence-electron chi connectivity index (χ3n) is 3.85. The van der Waals surface area contributed by atoms with E-state index in [-0.39, 0.29) is 0 Å². The van der Waals surface area contributed by atoms with E-state index in [0.717, 1.165) is 6.04 Å². The Labute approximate surface area is 96.9 Å². The van der Waals surface area contributed by atoms with Crippen LogP contribution in [0.3, 0.4) is 0 Å². The number of hydrogen-bond acceptors (Lipinski definition) is 3. The standard InChI is InChI=1S/C13H19N3/c1-3-12(10-14-6-1)15-11-5-8-16-7-2-4-13(16)9-11/h1,3,6,10-11,13,15H,2,4-5,7-9H2. The summed E-state index contributed by atoms with van der Waals surface area (Å²) in [4.78, 5) is 6.80. The minimum atomic E-state index is 0.642. The normalized spacial score (nSPS) is 30.0. The lowest BCUT2D eigenvalue weighted by Crippen LogP contribution is -2.42. The third kappa shape index (κ3) is 2.05. The molecule has 0 bridgehead atoms. The Morgan fingerprint density at radius 1 is 1.31 bits per heavy atom. The fourth-order valence-electron chi connectivity index (χ4n) is 3.04. The largest absolute Gasteiger partial charge is 0.381 e. The molecule has 2 unspecified atom stereocenters. The van der Waals surface area contributed by atoms with E-state index >= 15 is 0 Å². The lowest BCUT2D eigenvalue weighted by molar-refractivity contribution is 0.188. The number of nitrogens with one attached hydrogen (secondary N) is 1. The van der Waals surface area contributed by atoms with Gasteiger partial charge in [0.25, 0.3) is 0 Å². The molecule has 2 fully saturated rings. The molecule has 3 nitrogen and oxygen atoms in total. The maximum Gasteiger partial charge on any atom is 0.0528 e. The highest BCUT2D eigenvalue weighted by molar-refractivity contribution is 5.40. The predicted octanol–water partition coefficient (Wildman–Crippen LogP) is 2.12. The van der Waals surface area contributed by atoms with Gasteiger partial charge in [0.1, 0.15) is 0 Å². The van der Waals surface area contributed by atoms with Crippen LogP contribution in [0.4, 0.5) is 5.69 Å². The number of nitrogens with zero attached hydrogens (tertiary/aromatic N) is 2. The first kappa shape index (κ1) is 10.1. The summed E-state index contributed by atoms with van der Waals surface area (Å²) >= 11 is 0. The molecule has 3 heteroatoms. The molecule has 2 saturated heterocycles. The van der Waals surface area contributed by atoms with Gasteiger partial charge >= 0.3 is 0 Å². The lowest BCUT2D eigenvalue weighted by atomic mass is 9.97. The van der Waals surface area contributed by atoms with Gasteiger partial charge in [0.2, 0.25) is 0 Å². The zero-order valence-electron chi connectivity index (χ0n) is 9.60. The van der Waals surface area contributed by atoms with Gasteiger partial charge in [-0.05, 0) is 44.4 Å². The van der Waals surface area contributed by atoms with Crippen LogP contribution < -0.4 is 5.32 Å². The summed E-state index contributed by atoms with van der Waals surface area (Å²) in [6.45, 7) is 2.59. The van der Waals surface area contributed by atoms with E-state index in [0.29, 0.717) is 6.04 Å². The van der Waals surface area contributed by atoms with Gasteiger partial charge in [-0.25, -0.2) is 0 Å². The number of fused-ring (bicyclic) bond motifs is 1. The van der Waals surface area contributed by atoms with Crippen LogP contribution in [0.25, 0.3) is 0 Å². The van der Waals surface area contributed by atoms with Crippen molar-refractivity contribution in [2.75, 3.05) is 18.4 Å². The van der Waals surface area contributed by atoms with E-state index in [1.54, 1.807) is 0 Å². The zero-order valence-corrected chi connectivity index (χ0v) is 9.60. The Morgan fingerprint density at radius 3 is 3.19 bits per heavy atom. The van der Waals surface area contributed by atoms with Crippen LogP contribution in [0.15, 0.2) is 24.5 Å². The fourth-order valence-corrected chi connectivity index (χ4v) is 3.04. The molecule has 0 amide bonds. The average Bonchev–Trinajstić information content (AvgIpc) is 2.77. The van der Waals surface area contributed by atoms with E-state index < -0.39 is 0 Å². The summed E-state index contributed by atoms with van der Waals surface area (Å²) in [5.74, 6) is 0. The van der Waals surface area contributed by atoms with Crippen LogP contribution in [0.1, 0.15) is 25.7 Å². The lowest BCUT2D eigenvalue weighted by Gasteiger charge is -2.35. The van der Waals surface area contributed by atoms with Gasteiger partial charge in [0, 0.05) is 31.0 Å². The maximum atomic E-state index is 4.14. The molecule has 0 aliphatic carbocycles. The Hall–Kier alpha value is -1.09. The summed E-state index contributed by atoms with van der Waals surface area (Å²) < 4.78 is 0. The van der Waals surface area contributed by atoms with Gasteiger partial charge in [-0.2, -0.15) is 0 Å². The van der Waals surface area contributed by atoms with Gasteiger partial charge in [0.15, 0.2) is 0 Å². The van der Waals surface area contributed by atoms with E-state index in [1.807, 2.05) is 18.5 Å². The monoisotopic (exact) mass is 217 g/mol. The van der Waals surface area contributed by atoms with Crippen LogP contribution >= 0.6 is 0 Å². The summed E-state index contributed by atoms with van der Waals surface area (Å²) in [6, 6.07) is 5.58. The van der Waals surface area contributed by atoms with Crippen molar-refractivity contribution in [3.63, 3.8) is 0 Å². The third-order valence-corrected chi connectivity index (χ3v) is 3.85. The summed E-state index contributed by atoms with van der Waals surface area (Å²) in [6.07, 6.45) is 9.10. The SMILES string of the molecule is c1cncc(NC2CCN3CCCC3C2)c1. The molecule has 86 valence electrons. The first-order valence-electron chi connectivity index (χ1n) is 6.32. The zero-order chi connectivity index (χ0) is 10.8. The van der Waals surface area contributed by atoms with Gasteiger partial charge in [-0.1, -0.05) is 0 Å². The van der Waals surface area contributed by atoms with Crippen molar-refractivity contribution in [3.8, 4) is 0 Å². The molecule has 0 spiro atoms. The second kappa shape index (κ2) is 4.42. The predicted molar refractivity (Wildman–Crippen MR) is 65.5 cm³/mol. The molecular formula is C13H19N3. The Balaban J connectivity index is 1.60. The second-order valence-electron chi connectivity index (χ2n) is 4.94. The Kier molecular flexibility index (Phi) is 2.79. The van der Waals surface area contributed by atoms with Crippen LogP contribution in [0.5, 0.6) is 0 Å². The van der Waals surface area contributed by atoms with Crippen molar-refractivity contribution in [2.45, 2.75) is 37.8 Å². The Bertz CT molecular complexity index is 338. The number of aromatic nitrogens is 1. The molecular weight excluding hydrogens is 198 g/mol. The van der Waals surface area contributed by atoms with Gasteiger partial charge in [-0.15, -0.1) is 0 Å². The van der Waals surface area contributed by atoms with Crippen LogP contribution in [-0.4, -0.2) is 35.1 Å². The number of anilines is 1. The number of piperidine rings is 1. The molecule has 1 aromatic heterocycles. The van der Waals surface area contributed by atoms with Gasteiger partial charge in [-0.3, -0.25) is 4.98 Å². The summed E-state index contributed by atoms with van der Waals surface area (Å²) in [5.41, 5.74) is 1.17. The summed E-state index contributed by atoms with van der Waals surface area (Å²) in [7, 11) is 0. The van der Waals surface area contributed by atoms with Crippen molar-refractivity contribution in [2.24, 2.45) is 0 Å². The second-order valence-corrected chi connectivity index (χ2v) is 4.94. The van der Waals surface area contributed by atoms with E-state index in [1.165, 1.54) is 44.5 Å². The topological polar surface area (TPSA) is 28.2 Å². The van der Waals surface area contributed by atoms with Crippen LogP contribution in [-0.2, 0) is 0 Å².